The summed E-state index contributed by atoms with van der Waals surface area (Å²) in [6, 6.07) is 10.2. The second-order valence-corrected chi connectivity index (χ2v) is 8.82. The van der Waals surface area contributed by atoms with Gasteiger partial charge in [-0.05, 0) is 5.56 Å². The summed E-state index contributed by atoms with van der Waals surface area (Å²) in [5.74, 6) is -0.892. The Morgan fingerprint density at radius 2 is 1.68 bits per heavy atom. The van der Waals surface area contributed by atoms with E-state index in [-0.39, 0.29) is 6.42 Å². The molecule has 1 rings (SSSR count). The van der Waals surface area contributed by atoms with E-state index in [1.807, 2.05) is 6.07 Å². The molecule has 19 heavy (non-hydrogen) atoms. The zero-order valence-corrected chi connectivity index (χ0v) is 12.1. The molecule has 0 heterocycles. The van der Waals surface area contributed by atoms with E-state index in [0.717, 1.165) is 6.26 Å². The highest BCUT2D eigenvalue weighted by Gasteiger charge is 2.27. The van der Waals surface area contributed by atoms with Crippen LogP contribution in [0.4, 0.5) is 0 Å². The SMILES string of the molecule is CS(=O)(=O)CCS(=O)(=O)C(CC#N)c1ccccc1. The number of nitrogens with zero attached hydrogens (tertiary/aromatic N) is 1. The number of hydrogen-bond donors (Lipinski definition) is 0. The summed E-state index contributed by atoms with van der Waals surface area (Å²) in [6.45, 7) is 0. The van der Waals surface area contributed by atoms with Crippen LogP contribution in [0.1, 0.15) is 17.2 Å². The van der Waals surface area contributed by atoms with Crippen molar-refractivity contribution in [3.8, 4) is 6.07 Å². The first kappa shape index (κ1) is 15.7. The summed E-state index contributed by atoms with van der Waals surface area (Å²) >= 11 is 0. The van der Waals surface area contributed by atoms with Crippen molar-refractivity contribution in [1.29, 1.82) is 5.26 Å². The lowest BCUT2D eigenvalue weighted by Gasteiger charge is -2.14. The number of hydrogen-bond acceptors (Lipinski definition) is 5. The molecule has 0 bridgehead atoms. The maximum atomic E-state index is 12.2. The highest BCUT2D eigenvalue weighted by atomic mass is 32.2. The maximum Gasteiger partial charge on any atom is 0.159 e. The van der Waals surface area contributed by atoms with Gasteiger partial charge >= 0.3 is 0 Å². The molecule has 0 spiro atoms. The molecule has 0 radical (unpaired) electrons. The van der Waals surface area contributed by atoms with Gasteiger partial charge in [0.15, 0.2) is 9.84 Å². The first-order chi connectivity index (χ1) is 8.76. The number of sulfone groups is 2. The fourth-order valence-corrected chi connectivity index (χ4v) is 4.94. The van der Waals surface area contributed by atoms with E-state index >= 15 is 0 Å². The molecule has 0 aliphatic carbocycles. The van der Waals surface area contributed by atoms with E-state index in [2.05, 4.69) is 0 Å². The fraction of sp³-hybridized carbons (Fsp3) is 0.417. The Balaban J connectivity index is 3.03. The highest BCUT2D eigenvalue weighted by Crippen LogP contribution is 2.26. The standard InChI is InChI=1S/C12H15NO4S2/c1-18(14,15)9-10-19(16,17)12(7-8-13)11-5-3-2-4-6-11/h2-6,12H,7,9-10H2,1H3. The first-order valence-corrected chi connectivity index (χ1v) is 9.35. The monoisotopic (exact) mass is 301 g/mol. The third kappa shape index (κ3) is 5.01. The Morgan fingerprint density at radius 1 is 1.11 bits per heavy atom. The molecular weight excluding hydrogens is 286 g/mol. The lowest BCUT2D eigenvalue weighted by Crippen LogP contribution is -2.22. The Kier molecular flexibility index (Phi) is 5.09. The third-order valence-electron chi connectivity index (χ3n) is 2.62. The van der Waals surface area contributed by atoms with E-state index in [0.29, 0.717) is 5.56 Å². The highest BCUT2D eigenvalue weighted by molar-refractivity contribution is 7.94. The minimum Gasteiger partial charge on any atom is -0.229 e. The summed E-state index contributed by atoms with van der Waals surface area (Å²) < 4.78 is 46.4. The van der Waals surface area contributed by atoms with Crippen molar-refractivity contribution in [2.45, 2.75) is 11.7 Å². The van der Waals surface area contributed by atoms with Crippen molar-refractivity contribution >= 4 is 19.7 Å². The Hall–Kier alpha value is -1.39. The first-order valence-electron chi connectivity index (χ1n) is 5.57. The average molecular weight is 301 g/mol. The van der Waals surface area contributed by atoms with Gasteiger partial charge in [0.25, 0.3) is 0 Å². The summed E-state index contributed by atoms with van der Waals surface area (Å²) in [5, 5.41) is 7.78. The van der Waals surface area contributed by atoms with E-state index in [1.165, 1.54) is 0 Å². The summed E-state index contributed by atoms with van der Waals surface area (Å²) in [4.78, 5) is 0. The zero-order valence-electron chi connectivity index (χ0n) is 10.5. The van der Waals surface area contributed by atoms with Gasteiger partial charge in [0.2, 0.25) is 0 Å². The van der Waals surface area contributed by atoms with Crippen LogP contribution in [0.3, 0.4) is 0 Å². The maximum absolute atomic E-state index is 12.2. The van der Waals surface area contributed by atoms with E-state index in [4.69, 9.17) is 5.26 Å². The quantitative estimate of drug-likeness (QED) is 0.784. The van der Waals surface area contributed by atoms with Gasteiger partial charge in [0.1, 0.15) is 9.84 Å². The summed E-state index contributed by atoms with van der Waals surface area (Å²) in [7, 11) is -7.02. The molecule has 0 fully saturated rings. The van der Waals surface area contributed by atoms with Crippen molar-refractivity contribution in [2.24, 2.45) is 0 Å². The minimum absolute atomic E-state index is 0.184. The van der Waals surface area contributed by atoms with Gasteiger partial charge in [-0.1, -0.05) is 30.3 Å². The minimum atomic E-state index is -3.67. The van der Waals surface area contributed by atoms with Crippen LogP contribution in [0.5, 0.6) is 0 Å². The molecule has 0 saturated carbocycles. The van der Waals surface area contributed by atoms with Gasteiger partial charge < -0.3 is 0 Å². The van der Waals surface area contributed by atoms with Crippen molar-refractivity contribution in [1.82, 2.24) is 0 Å². The van der Waals surface area contributed by atoms with Gasteiger partial charge in [-0.25, -0.2) is 16.8 Å². The lowest BCUT2D eigenvalue weighted by atomic mass is 10.1. The molecule has 0 amide bonds. The molecule has 7 heteroatoms. The largest absolute Gasteiger partial charge is 0.229 e. The number of rotatable bonds is 6. The lowest BCUT2D eigenvalue weighted by molar-refractivity contribution is 0.580. The molecular formula is C12H15NO4S2. The van der Waals surface area contributed by atoms with Crippen LogP contribution < -0.4 is 0 Å². The van der Waals surface area contributed by atoms with E-state index in [1.54, 1.807) is 30.3 Å². The van der Waals surface area contributed by atoms with Gasteiger partial charge in [0.05, 0.1) is 29.2 Å². The van der Waals surface area contributed by atoms with E-state index in [9.17, 15) is 16.8 Å². The van der Waals surface area contributed by atoms with Crippen molar-refractivity contribution in [3.63, 3.8) is 0 Å². The molecule has 0 saturated heterocycles. The Bertz CT molecular complexity index is 657. The van der Waals surface area contributed by atoms with Crippen LogP contribution >= 0.6 is 0 Å². The van der Waals surface area contributed by atoms with Crippen LogP contribution in [0.15, 0.2) is 30.3 Å². The number of nitriles is 1. The predicted molar refractivity (Wildman–Crippen MR) is 72.9 cm³/mol. The molecule has 1 aromatic carbocycles. The average Bonchev–Trinajstić information content (AvgIpc) is 2.34. The smallest absolute Gasteiger partial charge is 0.159 e. The molecule has 0 aromatic heterocycles. The van der Waals surface area contributed by atoms with Crippen LogP contribution in [0.25, 0.3) is 0 Å². The molecule has 1 unspecified atom stereocenters. The van der Waals surface area contributed by atoms with Crippen LogP contribution in [0.2, 0.25) is 0 Å². The molecule has 0 aliphatic heterocycles. The number of benzene rings is 1. The molecule has 104 valence electrons. The fourth-order valence-electron chi connectivity index (χ4n) is 1.61. The van der Waals surface area contributed by atoms with Crippen LogP contribution in [-0.4, -0.2) is 34.6 Å². The van der Waals surface area contributed by atoms with Crippen molar-refractivity contribution in [3.05, 3.63) is 35.9 Å². The van der Waals surface area contributed by atoms with Crippen LogP contribution in [0, 0.1) is 11.3 Å². The molecule has 5 nitrogen and oxygen atoms in total. The second kappa shape index (κ2) is 6.17. The van der Waals surface area contributed by atoms with Gasteiger partial charge in [0, 0.05) is 6.26 Å². The third-order valence-corrected chi connectivity index (χ3v) is 5.90. The Labute approximate surface area is 113 Å². The molecule has 0 N–H and O–H groups in total. The molecule has 1 atom stereocenters. The Morgan fingerprint density at radius 3 is 2.16 bits per heavy atom. The normalized spacial score (nSPS) is 13.7. The topological polar surface area (TPSA) is 92.1 Å². The second-order valence-electron chi connectivity index (χ2n) is 4.26. The van der Waals surface area contributed by atoms with Crippen molar-refractivity contribution < 1.29 is 16.8 Å². The van der Waals surface area contributed by atoms with Gasteiger partial charge in [-0.2, -0.15) is 5.26 Å². The van der Waals surface area contributed by atoms with E-state index < -0.39 is 36.4 Å². The zero-order chi connectivity index (χ0) is 14.5. The molecule has 1 aromatic rings. The van der Waals surface area contributed by atoms with Crippen LogP contribution in [-0.2, 0) is 19.7 Å². The predicted octanol–water partition coefficient (Wildman–Crippen LogP) is 1.10. The molecule has 0 aliphatic rings. The van der Waals surface area contributed by atoms with Gasteiger partial charge in [-0.15, -0.1) is 0 Å². The summed E-state index contributed by atoms with van der Waals surface area (Å²) in [5.41, 5.74) is 0.512. The summed E-state index contributed by atoms with van der Waals surface area (Å²) in [6.07, 6.45) is 0.806. The van der Waals surface area contributed by atoms with Crippen molar-refractivity contribution in [2.75, 3.05) is 17.8 Å². The van der Waals surface area contributed by atoms with Gasteiger partial charge in [-0.3, -0.25) is 0 Å².